The highest BCUT2D eigenvalue weighted by Gasteiger charge is 2.61. The van der Waals surface area contributed by atoms with Crippen molar-refractivity contribution in [2.75, 3.05) is 46.8 Å². The first-order valence-electron chi connectivity index (χ1n) is 15.8. The fourth-order valence-corrected chi connectivity index (χ4v) is 6.02. The molecular weight excluding hydrogens is 642 g/mol. The summed E-state index contributed by atoms with van der Waals surface area (Å²) in [6.45, 7) is 11.2. The molecule has 0 aromatic heterocycles. The molecule has 0 saturated carbocycles. The summed E-state index contributed by atoms with van der Waals surface area (Å²) in [5.41, 5.74) is 0.598. The Morgan fingerprint density at radius 2 is 1.92 bits per heavy atom. The van der Waals surface area contributed by atoms with Gasteiger partial charge in [0, 0.05) is 27.0 Å². The third-order valence-corrected chi connectivity index (χ3v) is 8.59. The fourth-order valence-electron chi connectivity index (χ4n) is 5.71. The lowest BCUT2D eigenvalue weighted by molar-refractivity contribution is -0.154. The van der Waals surface area contributed by atoms with E-state index in [1.54, 1.807) is 45.1 Å². The lowest BCUT2D eigenvalue weighted by Crippen LogP contribution is -2.62. The van der Waals surface area contributed by atoms with Crippen LogP contribution in [-0.4, -0.2) is 106 Å². The van der Waals surface area contributed by atoms with Gasteiger partial charge in [0.2, 0.25) is 5.91 Å². The predicted molar refractivity (Wildman–Crippen MR) is 183 cm³/mol. The van der Waals surface area contributed by atoms with Crippen LogP contribution in [0.15, 0.2) is 48.1 Å². The van der Waals surface area contributed by atoms with Crippen molar-refractivity contribution in [3.63, 3.8) is 0 Å². The zero-order valence-electron chi connectivity index (χ0n) is 29.4. The molecule has 3 aliphatic rings. The van der Waals surface area contributed by atoms with Crippen LogP contribution in [0, 0.1) is 0 Å². The average molecular weight is 692 g/mol. The number of alkyl carbamates (subject to hydrolysis) is 1. The van der Waals surface area contributed by atoms with Gasteiger partial charge in [-0.2, -0.15) is 0 Å². The summed E-state index contributed by atoms with van der Waals surface area (Å²) in [5.74, 6) is -0.474. The van der Waals surface area contributed by atoms with Crippen LogP contribution in [0.4, 0.5) is 10.5 Å². The molecule has 1 aromatic rings. The number of carbonyl (C=O) groups excluding carboxylic acids is 3. The van der Waals surface area contributed by atoms with Crippen LogP contribution < -0.4 is 15.0 Å². The normalized spacial score (nSPS) is 30.8. The van der Waals surface area contributed by atoms with Crippen LogP contribution in [-0.2, 0) is 35.0 Å². The summed E-state index contributed by atoms with van der Waals surface area (Å²) in [6.07, 6.45) is 1.88. The average Bonchev–Trinajstić information content (AvgIpc) is 3.63. The van der Waals surface area contributed by atoms with E-state index in [-0.39, 0.29) is 36.7 Å². The minimum absolute atomic E-state index is 0.00405. The van der Waals surface area contributed by atoms with Crippen molar-refractivity contribution in [2.45, 2.75) is 89.1 Å². The molecule has 2 saturated heterocycles. The van der Waals surface area contributed by atoms with Gasteiger partial charge in [-0.25, -0.2) is 4.79 Å². The predicted octanol–water partition coefficient (Wildman–Crippen LogP) is 4.57. The number of allylic oxidation sites excluding steroid dienone is 4. The Morgan fingerprint density at radius 1 is 1.25 bits per heavy atom. The van der Waals surface area contributed by atoms with E-state index in [9.17, 15) is 19.5 Å². The summed E-state index contributed by atoms with van der Waals surface area (Å²) in [7, 11) is 8.02. The minimum Gasteiger partial charge on any atom is -0.495 e. The van der Waals surface area contributed by atoms with E-state index in [4.69, 9.17) is 35.3 Å². The number of aliphatic hydroxyl groups is 1. The molecule has 0 aliphatic carbocycles. The summed E-state index contributed by atoms with van der Waals surface area (Å²) < 4.78 is 28.5. The molecule has 4 bridgehead atoms. The number of nitrogens with one attached hydrogen (secondary N) is 1. The number of rotatable bonds is 5. The number of carbonyl (C=O) groups is 3. The van der Waals surface area contributed by atoms with Crippen LogP contribution in [0.1, 0.15) is 52.5 Å². The molecule has 2 unspecified atom stereocenters. The molecule has 2 fully saturated rings. The van der Waals surface area contributed by atoms with Gasteiger partial charge in [0.05, 0.1) is 31.9 Å². The highest BCUT2D eigenvalue weighted by molar-refractivity contribution is 6.35. The quantitative estimate of drug-likeness (QED) is 0.257. The molecule has 3 aliphatic heterocycles. The van der Waals surface area contributed by atoms with Crippen molar-refractivity contribution in [1.82, 2.24) is 10.2 Å². The summed E-state index contributed by atoms with van der Waals surface area (Å²) in [4.78, 5) is 42.2. The number of hydrogen-bond acceptors (Lipinski definition) is 10. The van der Waals surface area contributed by atoms with Crippen molar-refractivity contribution in [1.29, 1.82) is 0 Å². The Balaban J connectivity index is 0.00000148. The molecule has 4 rings (SSSR count). The van der Waals surface area contributed by atoms with Gasteiger partial charge < -0.3 is 33.7 Å². The maximum absolute atomic E-state index is 13.7. The second-order valence-corrected chi connectivity index (χ2v) is 13.6. The van der Waals surface area contributed by atoms with Crippen molar-refractivity contribution in [2.24, 2.45) is 0 Å². The molecule has 6 atom stereocenters. The SMILES string of the molecule is C=C(C)C.COc1cc2cc(c1Cl)N(C)C(=O)C[C@H](OC(=O)CN(C)C)[C@]1(C)OC1CC1C[C@@](O)(NC(=O)O1)[C@H](OC)/C=C/C=C(\C)C2. The van der Waals surface area contributed by atoms with Crippen LogP contribution in [0.3, 0.4) is 0 Å². The summed E-state index contributed by atoms with van der Waals surface area (Å²) >= 11 is 6.67. The number of amides is 2. The highest BCUT2D eigenvalue weighted by Crippen LogP contribution is 2.46. The molecule has 266 valence electrons. The second kappa shape index (κ2) is 16.3. The molecule has 48 heavy (non-hydrogen) atoms. The van der Waals surface area contributed by atoms with Crippen molar-refractivity contribution in [3.05, 3.63) is 58.7 Å². The number of benzene rings is 1. The number of epoxide rings is 1. The van der Waals surface area contributed by atoms with Crippen LogP contribution in [0.5, 0.6) is 5.75 Å². The van der Waals surface area contributed by atoms with Gasteiger partial charge in [-0.05, 0) is 65.9 Å². The fraction of sp³-hybridized carbons (Fsp3) is 0.571. The standard InChI is InChI=1S/C31H42ClN3O9.C4H8/c1-18-9-8-10-23(41-7)31(39)16-20(42-29(38)33-31)14-25-30(2,44-25)24(43-27(37)17-34(3)4)15-26(36)35(5)21-12-19(11-18)13-22(40-6)28(21)32;1-4(2)3/h8-10,12-13,20,23-25,39H,11,14-17H2,1-7H3,(H,33,38);1H2,2-3H3/b10-8+,18-9+;/t20?,23-,24+,25?,30+,31+;/m1./s1. The van der Waals surface area contributed by atoms with E-state index in [0.717, 1.165) is 11.1 Å². The Labute approximate surface area is 288 Å². The molecule has 3 heterocycles. The van der Waals surface area contributed by atoms with Gasteiger partial charge in [-0.1, -0.05) is 41.0 Å². The Hall–Kier alpha value is -3.42. The lowest BCUT2D eigenvalue weighted by atomic mass is 9.90. The molecule has 2 N–H and O–H groups in total. The van der Waals surface area contributed by atoms with Gasteiger partial charge >= 0.3 is 12.1 Å². The molecule has 0 radical (unpaired) electrons. The van der Waals surface area contributed by atoms with Gasteiger partial charge in [0.25, 0.3) is 0 Å². The van der Waals surface area contributed by atoms with Gasteiger partial charge in [0.1, 0.15) is 34.7 Å². The molecule has 0 spiro atoms. The first kappa shape index (κ1) is 39.0. The zero-order chi connectivity index (χ0) is 36.0. The lowest BCUT2D eigenvalue weighted by Gasteiger charge is -2.40. The molecule has 13 heteroatoms. The first-order valence-corrected chi connectivity index (χ1v) is 16.1. The number of ether oxygens (including phenoxy) is 5. The largest absolute Gasteiger partial charge is 0.495 e. The number of fused-ring (bicyclic) bond motifs is 5. The minimum atomic E-state index is -1.75. The van der Waals surface area contributed by atoms with Crippen molar-refractivity contribution >= 4 is 35.3 Å². The summed E-state index contributed by atoms with van der Waals surface area (Å²) in [6, 6.07) is 3.63. The van der Waals surface area contributed by atoms with Gasteiger partial charge in [0.15, 0.2) is 5.72 Å². The highest BCUT2D eigenvalue weighted by atomic mass is 35.5. The first-order chi connectivity index (χ1) is 22.4. The van der Waals surface area contributed by atoms with Crippen LogP contribution >= 0.6 is 11.6 Å². The van der Waals surface area contributed by atoms with Crippen molar-refractivity contribution < 1.29 is 43.2 Å². The third kappa shape index (κ3) is 10.1. The number of esters is 1. The Kier molecular flexibility index (Phi) is 13.3. The monoisotopic (exact) mass is 691 g/mol. The zero-order valence-corrected chi connectivity index (χ0v) is 30.2. The third-order valence-electron chi connectivity index (χ3n) is 8.21. The summed E-state index contributed by atoms with van der Waals surface area (Å²) in [5, 5.41) is 14.2. The van der Waals surface area contributed by atoms with E-state index in [1.807, 2.05) is 39.0 Å². The van der Waals surface area contributed by atoms with E-state index in [2.05, 4.69) is 11.9 Å². The number of likely N-dealkylation sites (N-methyl/N-ethyl adjacent to an activating group) is 1. The maximum Gasteiger partial charge on any atom is 0.409 e. The Morgan fingerprint density at radius 3 is 2.52 bits per heavy atom. The number of nitrogens with zero attached hydrogens (tertiary/aromatic N) is 2. The van der Waals surface area contributed by atoms with E-state index in [0.29, 0.717) is 17.9 Å². The topological polar surface area (TPSA) is 139 Å². The maximum atomic E-state index is 13.7. The van der Waals surface area contributed by atoms with Gasteiger partial charge in [-0.15, -0.1) is 6.58 Å². The van der Waals surface area contributed by atoms with Gasteiger partial charge in [-0.3, -0.25) is 19.8 Å². The number of methoxy groups -OCH3 is 2. The molecule has 2 amide bonds. The Bertz CT molecular complexity index is 1430. The van der Waals surface area contributed by atoms with Crippen LogP contribution in [0.2, 0.25) is 5.02 Å². The number of hydrogen-bond donors (Lipinski definition) is 2. The van der Waals surface area contributed by atoms with E-state index in [1.165, 1.54) is 24.7 Å². The van der Waals surface area contributed by atoms with Crippen LogP contribution in [0.25, 0.3) is 0 Å². The molecule has 1 aromatic carbocycles. The second-order valence-electron chi connectivity index (χ2n) is 13.2. The molecule has 12 nitrogen and oxygen atoms in total. The number of halogens is 1. The van der Waals surface area contributed by atoms with Crippen molar-refractivity contribution in [3.8, 4) is 5.75 Å². The van der Waals surface area contributed by atoms with E-state index >= 15 is 0 Å². The number of anilines is 1. The van der Waals surface area contributed by atoms with E-state index < -0.39 is 47.8 Å². The smallest absolute Gasteiger partial charge is 0.409 e. The molecular formula is C35H50ClN3O9.